The van der Waals surface area contributed by atoms with Gasteiger partial charge in [-0.25, -0.2) is 0 Å². The SMILES string of the molecule is CCC1CCN(C(=O)CCCCN)C1. The minimum Gasteiger partial charge on any atom is -0.342 e. The molecule has 0 aromatic heterocycles. The van der Waals surface area contributed by atoms with E-state index in [4.69, 9.17) is 5.73 Å². The summed E-state index contributed by atoms with van der Waals surface area (Å²) in [5, 5.41) is 0. The lowest BCUT2D eigenvalue weighted by atomic mass is 10.1. The van der Waals surface area contributed by atoms with Crippen molar-refractivity contribution in [2.75, 3.05) is 19.6 Å². The lowest BCUT2D eigenvalue weighted by Crippen LogP contribution is -2.28. The molecule has 0 spiro atoms. The van der Waals surface area contributed by atoms with E-state index in [-0.39, 0.29) is 0 Å². The highest BCUT2D eigenvalue weighted by Crippen LogP contribution is 2.19. The third-order valence-corrected chi connectivity index (χ3v) is 3.06. The van der Waals surface area contributed by atoms with Crippen LogP contribution in [0.25, 0.3) is 0 Å². The predicted octanol–water partition coefficient (Wildman–Crippen LogP) is 1.37. The lowest BCUT2D eigenvalue weighted by Gasteiger charge is -2.15. The molecule has 1 rings (SSSR count). The van der Waals surface area contributed by atoms with Crippen molar-refractivity contribution in [3.8, 4) is 0 Å². The van der Waals surface area contributed by atoms with Crippen LogP contribution in [-0.2, 0) is 4.79 Å². The van der Waals surface area contributed by atoms with E-state index in [1.807, 2.05) is 4.90 Å². The zero-order valence-corrected chi connectivity index (χ0v) is 9.17. The molecule has 1 saturated heterocycles. The van der Waals surface area contributed by atoms with Crippen molar-refractivity contribution in [3.63, 3.8) is 0 Å². The largest absolute Gasteiger partial charge is 0.342 e. The maximum atomic E-state index is 11.7. The first-order chi connectivity index (χ1) is 6.77. The molecule has 1 fully saturated rings. The fourth-order valence-electron chi connectivity index (χ4n) is 1.97. The number of likely N-dealkylation sites (tertiary alicyclic amines) is 1. The Kier molecular flexibility index (Phi) is 4.94. The molecule has 2 N–H and O–H groups in total. The summed E-state index contributed by atoms with van der Waals surface area (Å²) in [4.78, 5) is 13.7. The van der Waals surface area contributed by atoms with Gasteiger partial charge in [-0.15, -0.1) is 0 Å². The van der Waals surface area contributed by atoms with Crippen LogP contribution in [0.1, 0.15) is 39.0 Å². The van der Waals surface area contributed by atoms with Crippen LogP contribution >= 0.6 is 0 Å². The molecule has 0 aromatic rings. The summed E-state index contributed by atoms with van der Waals surface area (Å²) in [5.74, 6) is 1.07. The molecule has 1 aliphatic heterocycles. The van der Waals surface area contributed by atoms with Crippen molar-refractivity contribution in [3.05, 3.63) is 0 Å². The molecule has 0 saturated carbocycles. The van der Waals surface area contributed by atoms with Crippen LogP contribution in [0, 0.1) is 5.92 Å². The second kappa shape index (κ2) is 6.02. The monoisotopic (exact) mass is 198 g/mol. The van der Waals surface area contributed by atoms with Crippen molar-refractivity contribution in [2.24, 2.45) is 11.7 Å². The highest BCUT2D eigenvalue weighted by atomic mass is 16.2. The van der Waals surface area contributed by atoms with Gasteiger partial charge < -0.3 is 10.6 Å². The van der Waals surface area contributed by atoms with E-state index < -0.39 is 0 Å². The summed E-state index contributed by atoms with van der Waals surface area (Å²) in [6.07, 6.45) is 5.00. The fraction of sp³-hybridized carbons (Fsp3) is 0.909. The first-order valence-electron chi connectivity index (χ1n) is 5.75. The van der Waals surface area contributed by atoms with Crippen LogP contribution in [0.2, 0.25) is 0 Å². The first kappa shape index (κ1) is 11.5. The molecule has 3 heteroatoms. The third-order valence-electron chi connectivity index (χ3n) is 3.06. The molecule has 3 nitrogen and oxygen atoms in total. The van der Waals surface area contributed by atoms with E-state index in [2.05, 4.69) is 6.92 Å². The molecule has 82 valence electrons. The second-order valence-corrected chi connectivity index (χ2v) is 4.15. The zero-order valence-electron chi connectivity index (χ0n) is 9.17. The smallest absolute Gasteiger partial charge is 0.222 e. The fourth-order valence-corrected chi connectivity index (χ4v) is 1.97. The van der Waals surface area contributed by atoms with Gasteiger partial charge in [-0.1, -0.05) is 13.3 Å². The van der Waals surface area contributed by atoms with Gasteiger partial charge in [0.2, 0.25) is 5.91 Å². The van der Waals surface area contributed by atoms with Gasteiger partial charge in [0.05, 0.1) is 0 Å². The van der Waals surface area contributed by atoms with Gasteiger partial charge in [0.15, 0.2) is 0 Å². The molecular weight excluding hydrogens is 176 g/mol. The highest BCUT2D eigenvalue weighted by Gasteiger charge is 2.24. The van der Waals surface area contributed by atoms with Crippen molar-refractivity contribution in [2.45, 2.75) is 39.0 Å². The van der Waals surface area contributed by atoms with Crippen molar-refractivity contribution in [1.29, 1.82) is 0 Å². The average Bonchev–Trinajstić information content (AvgIpc) is 2.66. The molecule has 0 aromatic carbocycles. The van der Waals surface area contributed by atoms with Gasteiger partial charge >= 0.3 is 0 Å². The van der Waals surface area contributed by atoms with Crippen molar-refractivity contribution in [1.82, 2.24) is 4.90 Å². The summed E-state index contributed by atoms with van der Waals surface area (Å²) >= 11 is 0. The summed E-state index contributed by atoms with van der Waals surface area (Å²) in [6, 6.07) is 0. The van der Waals surface area contributed by atoms with Crippen LogP contribution in [0.3, 0.4) is 0 Å². The van der Waals surface area contributed by atoms with E-state index in [0.717, 1.165) is 31.8 Å². The number of rotatable bonds is 5. The number of amides is 1. The normalized spacial score (nSPS) is 21.6. The van der Waals surface area contributed by atoms with Gasteiger partial charge in [0.1, 0.15) is 0 Å². The second-order valence-electron chi connectivity index (χ2n) is 4.15. The minimum atomic E-state index is 0.328. The van der Waals surface area contributed by atoms with Crippen LogP contribution in [0.5, 0.6) is 0 Å². The standard InChI is InChI=1S/C11H22N2O/c1-2-10-6-8-13(9-10)11(14)5-3-4-7-12/h10H,2-9,12H2,1H3. The van der Waals surface area contributed by atoms with Crippen LogP contribution in [0.15, 0.2) is 0 Å². The van der Waals surface area contributed by atoms with Crippen molar-refractivity contribution < 1.29 is 4.79 Å². The number of nitrogens with two attached hydrogens (primary N) is 1. The summed E-state index contributed by atoms with van der Waals surface area (Å²) < 4.78 is 0. The van der Waals surface area contributed by atoms with E-state index >= 15 is 0 Å². The van der Waals surface area contributed by atoms with Gasteiger partial charge in [0.25, 0.3) is 0 Å². The van der Waals surface area contributed by atoms with E-state index in [1.165, 1.54) is 12.8 Å². The predicted molar refractivity (Wildman–Crippen MR) is 57.9 cm³/mol. The van der Waals surface area contributed by atoms with Gasteiger partial charge in [-0.05, 0) is 31.7 Å². The number of unbranched alkanes of at least 4 members (excludes halogenated alkanes) is 1. The minimum absolute atomic E-state index is 0.328. The average molecular weight is 198 g/mol. The molecule has 0 radical (unpaired) electrons. The molecule has 1 unspecified atom stereocenters. The zero-order chi connectivity index (χ0) is 10.4. The first-order valence-corrected chi connectivity index (χ1v) is 5.75. The quantitative estimate of drug-likeness (QED) is 0.678. The van der Waals surface area contributed by atoms with Crippen molar-refractivity contribution >= 4 is 5.91 Å². The maximum Gasteiger partial charge on any atom is 0.222 e. The summed E-state index contributed by atoms with van der Waals surface area (Å²) in [6.45, 7) is 4.86. The molecule has 1 amide bonds. The molecule has 1 heterocycles. The molecule has 0 bridgehead atoms. The summed E-state index contributed by atoms with van der Waals surface area (Å²) in [7, 11) is 0. The Morgan fingerprint density at radius 3 is 2.86 bits per heavy atom. The Labute approximate surface area is 86.6 Å². The Morgan fingerprint density at radius 1 is 1.50 bits per heavy atom. The van der Waals surface area contributed by atoms with E-state index in [0.29, 0.717) is 18.9 Å². The third kappa shape index (κ3) is 3.29. The number of hydrogen-bond acceptors (Lipinski definition) is 2. The number of carbonyl (C=O) groups is 1. The molecule has 1 aliphatic rings. The number of carbonyl (C=O) groups excluding carboxylic acids is 1. The van der Waals surface area contributed by atoms with E-state index in [9.17, 15) is 4.79 Å². The van der Waals surface area contributed by atoms with Crippen LogP contribution < -0.4 is 5.73 Å². The molecular formula is C11H22N2O. The Balaban J connectivity index is 2.18. The van der Waals surface area contributed by atoms with Gasteiger partial charge in [0, 0.05) is 19.5 Å². The highest BCUT2D eigenvalue weighted by molar-refractivity contribution is 5.76. The summed E-state index contributed by atoms with van der Waals surface area (Å²) in [5.41, 5.74) is 5.39. The Hall–Kier alpha value is -0.570. The van der Waals surface area contributed by atoms with Gasteiger partial charge in [-0.2, -0.15) is 0 Å². The van der Waals surface area contributed by atoms with Crippen LogP contribution in [0.4, 0.5) is 0 Å². The maximum absolute atomic E-state index is 11.7. The Morgan fingerprint density at radius 2 is 2.29 bits per heavy atom. The van der Waals surface area contributed by atoms with Gasteiger partial charge in [-0.3, -0.25) is 4.79 Å². The van der Waals surface area contributed by atoms with E-state index in [1.54, 1.807) is 0 Å². The molecule has 0 aliphatic carbocycles. The topological polar surface area (TPSA) is 46.3 Å². The van der Waals surface area contributed by atoms with Crippen LogP contribution in [-0.4, -0.2) is 30.4 Å². The molecule has 14 heavy (non-hydrogen) atoms. The Bertz CT molecular complexity index is 182. The lowest BCUT2D eigenvalue weighted by molar-refractivity contribution is -0.130. The number of nitrogens with zero attached hydrogens (tertiary/aromatic N) is 1. The number of hydrogen-bond donors (Lipinski definition) is 1. The molecule has 1 atom stereocenters.